The van der Waals surface area contributed by atoms with Crippen molar-refractivity contribution in [3.05, 3.63) is 0 Å². The number of esters is 1. The number of hydrogen-bond donors (Lipinski definition) is 0. The van der Waals surface area contributed by atoms with Crippen LogP contribution < -0.4 is 0 Å². The van der Waals surface area contributed by atoms with Gasteiger partial charge in [0.1, 0.15) is 6.61 Å². The fourth-order valence-corrected chi connectivity index (χ4v) is 0.716. The fraction of sp³-hybridized carbons (Fsp3) is 0.900. The van der Waals surface area contributed by atoms with Crippen LogP contribution in [0.25, 0.3) is 0 Å². The second-order valence-electron chi connectivity index (χ2n) is 3.29. The second kappa shape index (κ2) is 8.05. The molecule has 13 heavy (non-hydrogen) atoms. The lowest BCUT2D eigenvalue weighted by molar-refractivity contribution is -0.148. The minimum Gasteiger partial charge on any atom is -0.463 e. The smallest absolute Gasteiger partial charge is 0.308 e. The minimum atomic E-state index is -0.154. The molecule has 0 atom stereocenters. The van der Waals surface area contributed by atoms with Gasteiger partial charge in [0, 0.05) is 6.61 Å². The van der Waals surface area contributed by atoms with Crippen molar-refractivity contribution >= 4 is 5.97 Å². The molecule has 0 saturated carbocycles. The Morgan fingerprint density at radius 2 is 1.92 bits per heavy atom. The van der Waals surface area contributed by atoms with Crippen LogP contribution in [0.3, 0.4) is 0 Å². The first-order valence-electron chi connectivity index (χ1n) is 4.92. The maximum Gasteiger partial charge on any atom is 0.308 e. The normalized spacial score (nSPS) is 10.5. The summed E-state index contributed by atoms with van der Waals surface area (Å²) >= 11 is 0. The molecule has 0 spiro atoms. The quantitative estimate of drug-likeness (QED) is 0.453. The zero-order chi connectivity index (χ0) is 10.1. The highest BCUT2D eigenvalue weighted by Crippen LogP contribution is 1.95. The predicted molar refractivity (Wildman–Crippen MR) is 51.5 cm³/mol. The van der Waals surface area contributed by atoms with Gasteiger partial charge in [0.25, 0.3) is 0 Å². The van der Waals surface area contributed by atoms with Crippen molar-refractivity contribution in [2.45, 2.75) is 33.6 Å². The maximum absolute atomic E-state index is 11.0. The molecule has 0 rings (SSSR count). The highest BCUT2D eigenvalue weighted by Gasteiger charge is 2.06. The Balaban J connectivity index is 3.12. The predicted octanol–water partition coefficient (Wildman–Crippen LogP) is 2.00. The van der Waals surface area contributed by atoms with Gasteiger partial charge in [-0.15, -0.1) is 0 Å². The zero-order valence-corrected chi connectivity index (χ0v) is 8.84. The van der Waals surface area contributed by atoms with Crippen molar-refractivity contribution in [1.29, 1.82) is 0 Å². The van der Waals surface area contributed by atoms with Crippen molar-refractivity contribution in [2.75, 3.05) is 19.8 Å². The van der Waals surface area contributed by atoms with Crippen molar-refractivity contribution in [3.8, 4) is 0 Å². The molecule has 0 aliphatic heterocycles. The van der Waals surface area contributed by atoms with Gasteiger partial charge in [0.2, 0.25) is 0 Å². The lowest BCUT2D eigenvalue weighted by Gasteiger charge is -2.07. The van der Waals surface area contributed by atoms with Gasteiger partial charge < -0.3 is 9.47 Å². The molecule has 78 valence electrons. The molecule has 3 nitrogen and oxygen atoms in total. The Morgan fingerprint density at radius 1 is 1.23 bits per heavy atom. The van der Waals surface area contributed by atoms with Crippen molar-refractivity contribution < 1.29 is 14.3 Å². The second-order valence-corrected chi connectivity index (χ2v) is 3.29. The van der Waals surface area contributed by atoms with E-state index in [0.717, 1.165) is 19.4 Å². The molecule has 0 fully saturated rings. The molecule has 0 bridgehead atoms. The number of carbonyl (C=O) groups excluding carboxylic acids is 1. The van der Waals surface area contributed by atoms with Crippen molar-refractivity contribution in [1.82, 2.24) is 0 Å². The molecule has 0 heterocycles. The molecule has 0 aliphatic rings. The largest absolute Gasteiger partial charge is 0.463 e. The maximum atomic E-state index is 11.0. The van der Waals surface area contributed by atoms with E-state index in [2.05, 4.69) is 6.92 Å². The van der Waals surface area contributed by atoms with Crippen LogP contribution >= 0.6 is 0 Å². The third kappa shape index (κ3) is 7.78. The summed E-state index contributed by atoms with van der Waals surface area (Å²) in [6.07, 6.45) is 2.20. The topological polar surface area (TPSA) is 35.5 Å². The van der Waals surface area contributed by atoms with E-state index >= 15 is 0 Å². The Hall–Kier alpha value is -0.570. The Kier molecular flexibility index (Phi) is 7.69. The van der Waals surface area contributed by atoms with Gasteiger partial charge in [-0.05, 0) is 6.42 Å². The molecule has 0 N–H and O–H groups in total. The molecule has 0 unspecified atom stereocenters. The van der Waals surface area contributed by atoms with Crippen LogP contribution in [0.15, 0.2) is 0 Å². The molecule has 0 aromatic heterocycles. The third-order valence-electron chi connectivity index (χ3n) is 1.59. The molecular weight excluding hydrogens is 168 g/mol. The summed E-state index contributed by atoms with van der Waals surface area (Å²) in [5, 5.41) is 0. The van der Waals surface area contributed by atoms with E-state index in [1.54, 1.807) is 0 Å². The highest BCUT2D eigenvalue weighted by molar-refractivity contribution is 5.71. The van der Waals surface area contributed by atoms with Crippen LogP contribution in [0, 0.1) is 5.92 Å². The number of carbonyl (C=O) groups is 1. The highest BCUT2D eigenvalue weighted by atomic mass is 16.6. The van der Waals surface area contributed by atoms with Crippen molar-refractivity contribution in [2.24, 2.45) is 5.92 Å². The SMILES string of the molecule is CCCCOCCOC(=O)C(C)C. The van der Waals surface area contributed by atoms with Crippen LogP contribution in [-0.4, -0.2) is 25.8 Å². The monoisotopic (exact) mass is 188 g/mol. The molecule has 3 heteroatoms. The van der Waals surface area contributed by atoms with E-state index in [4.69, 9.17) is 9.47 Å². The van der Waals surface area contributed by atoms with Crippen LogP contribution in [0.4, 0.5) is 0 Å². The first kappa shape index (κ1) is 12.4. The third-order valence-corrected chi connectivity index (χ3v) is 1.59. The summed E-state index contributed by atoms with van der Waals surface area (Å²) in [5.74, 6) is -0.199. The molecule has 0 aliphatic carbocycles. The van der Waals surface area contributed by atoms with E-state index in [0.29, 0.717) is 13.2 Å². The summed E-state index contributed by atoms with van der Waals surface area (Å²) in [6.45, 7) is 7.40. The summed E-state index contributed by atoms with van der Waals surface area (Å²) in [5.41, 5.74) is 0. The summed E-state index contributed by atoms with van der Waals surface area (Å²) in [4.78, 5) is 11.0. The lowest BCUT2D eigenvalue weighted by atomic mass is 10.2. The molecule has 0 aromatic carbocycles. The van der Waals surface area contributed by atoms with E-state index in [1.807, 2.05) is 13.8 Å². The Morgan fingerprint density at radius 3 is 2.46 bits per heavy atom. The van der Waals surface area contributed by atoms with Gasteiger partial charge in [-0.25, -0.2) is 0 Å². The first-order chi connectivity index (χ1) is 6.18. The van der Waals surface area contributed by atoms with Gasteiger partial charge in [-0.2, -0.15) is 0 Å². The van der Waals surface area contributed by atoms with E-state index in [9.17, 15) is 4.79 Å². The fourth-order valence-electron chi connectivity index (χ4n) is 0.716. The molecular formula is C10H20O3. The number of rotatable bonds is 7. The lowest BCUT2D eigenvalue weighted by Crippen LogP contribution is -2.15. The average Bonchev–Trinajstić information content (AvgIpc) is 2.10. The van der Waals surface area contributed by atoms with E-state index < -0.39 is 0 Å². The first-order valence-corrected chi connectivity index (χ1v) is 4.92. The number of hydrogen-bond acceptors (Lipinski definition) is 3. The van der Waals surface area contributed by atoms with Crippen LogP contribution in [0.1, 0.15) is 33.6 Å². The van der Waals surface area contributed by atoms with Gasteiger partial charge in [0.05, 0.1) is 12.5 Å². The Bertz CT molecular complexity index is 132. The number of ether oxygens (including phenoxy) is 2. The molecule has 0 saturated heterocycles. The van der Waals surface area contributed by atoms with Gasteiger partial charge in [-0.1, -0.05) is 27.2 Å². The number of unbranched alkanes of at least 4 members (excludes halogenated alkanes) is 1. The van der Waals surface area contributed by atoms with Crippen LogP contribution in [0.5, 0.6) is 0 Å². The summed E-state index contributed by atoms with van der Waals surface area (Å²) in [7, 11) is 0. The van der Waals surface area contributed by atoms with Gasteiger partial charge in [0.15, 0.2) is 0 Å². The standard InChI is InChI=1S/C10H20O3/c1-4-5-6-12-7-8-13-10(11)9(2)3/h9H,4-8H2,1-3H3. The van der Waals surface area contributed by atoms with Crippen LogP contribution in [0.2, 0.25) is 0 Å². The average molecular weight is 188 g/mol. The summed E-state index contributed by atoms with van der Waals surface area (Å²) < 4.78 is 10.1. The molecule has 0 amide bonds. The minimum absolute atomic E-state index is 0.0457. The molecule has 0 aromatic rings. The Labute approximate surface area is 80.4 Å². The summed E-state index contributed by atoms with van der Waals surface area (Å²) in [6, 6.07) is 0. The van der Waals surface area contributed by atoms with Crippen LogP contribution in [-0.2, 0) is 14.3 Å². The van der Waals surface area contributed by atoms with E-state index in [1.165, 1.54) is 0 Å². The van der Waals surface area contributed by atoms with Gasteiger partial charge in [-0.3, -0.25) is 4.79 Å². The van der Waals surface area contributed by atoms with Crippen molar-refractivity contribution in [3.63, 3.8) is 0 Å². The zero-order valence-electron chi connectivity index (χ0n) is 8.84. The van der Waals surface area contributed by atoms with E-state index in [-0.39, 0.29) is 11.9 Å². The molecule has 0 radical (unpaired) electrons. The van der Waals surface area contributed by atoms with Gasteiger partial charge >= 0.3 is 5.97 Å².